The maximum Gasteiger partial charge on any atom is 0.419 e. The Kier molecular flexibility index (Phi) is 6.10. The number of nitrogens with one attached hydrogen (secondary N) is 2. The summed E-state index contributed by atoms with van der Waals surface area (Å²) in [5, 5.41) is 14.5. The Hall–Kier alpha value is -3.75. The highest BCUT2D eigenvalue weighted by Gasteiger charge is 2.34. The third kappa shape index (κ3) is 5.40. The molecular formula is C21H16F4N2O3. The lowest BCUT2D eigenvalue weighted by atomic mass is 10.2. The Morgan fingerprint density at radius 2 is 1.70 bits per heavy atom. The Labute approximate surface area is 168 Å². The molecule has 0 saturated heterocycles. The van der Waals surface area contributed by atoms with Gasteiger partial charge in [-0.3, -0.25) is 0 Å². The molecule has 2 amide bonds. The van der Waals surface area contributed by atoms with Gasteiger partial charge in [0.1, 0.15) is 23.9 Å². The number of amides is 2. The molecule has 9 heteroatoms. The second kappa shape index (κ2) is 8.73. The fraction of sp³-hybridized carbons (Fsp3) is 0.0952. The topological polar surface area (TPSA) is 70.6 Å². The maximum absolute atomic E-state index is 13.3. The molecular weight excluding hydrogens is 404 g/mol. The second-order valence-electron chi connectivity index (χ2n) is 6.22. The van der Waals surface area contributed by atoms with Crippen LogP contribution in [0.4, 0.5) is 33.7 Å². The average Bonchev–Trinajstić information content (AvgIpc) is 2.69. The van der Waals surface area contributed by atoms with E-state index in [-0.39, 0.29) is 23.7 Å². The molecule has 3 N–H and O–H groups in total. The van der Waals surface area contributed by atoms with Crippen molar-refractivity contribution in [3.05, 3.63) is 83.7 Å². The monoisotopic (exact) mass is 420 g/mol. The number of rotatable bonds is 5. The van der Waals surface area contributed by atoms with Gasteiger partial charge in [-0.1, -0.05) is 30.3 Å². The van der Waals surface area contributed by atoms with E-state index in [2.05, 4.69) is 10.6 Å². The van der Waals surface area contributed by atoms with E-state index in [1.807, 2.05) is 30.3 Å². The summed E-state index contributed by atoms with van der Waals surface area (Å²) in [7, 11) is 0. The van der Waals surface area contributed by atoms with Gasteiger partial charge in [-0.25, -0.2) is 9.18 Å². The summed E-state index contributed by atoms with van der Waals surface area (Å²) in [6, 6.07) is 14.7. The molecule has 0 saturated carbocycles. The molecule has 0 unspecified atom stereocenters. The van der Waals surface area contributed by atoms with Crippen LogP contribution < -0.4 is 15.4 Å². The van der Waals surface area contributed by atoms with Gasteiger partial charge in [0.15, 0.2) is 0 Å². The summed E-state index contributed by atoms with van der Waals surface area (Å²) < 4.78 is 57.2. The summed E-state index contributed by atoms with van der Waals surface area (Å²) in [5.41, 5.74) is -0.819. The molecule has 30 heavy (non-hydrogen) atoms. The Morgan fingerprint density at radius 1 is 0.967 bits per heavy atom. The van der Waals surface area contributed by atoms with Crippen LogP contribution in [-0.2, 0) is 12.8 Å². The van der Waals surface area contributed by atoms with Crippen LogP contribution in [-0.4, -0.2) is 11.1 Å². The van der Waals surface area contributed by atoms with Gasteiger partial charge in [0.05, 0.1) is 11.3 Å². The van der Waals surface area contributed by atoms with Gasteiger partial charge in [-0.05, 0) is 35.9 Å². The first-order chi connectivity index (χ1) is 14.2. The molecule has 0 bridgehead atoms. The number of hydrogen-bond donors (Lipinski definition) is 3. The molecule has 0 fully saturated rings. The Bertz CT molecular complexity index is 1040. The zero-order valence-corrected chi connectivity index (χ0v) is 15.3. The predicted molar refractivity (Wildman–Crippen MR) is 103 cm³/mol. The number of alkyl halides is 3. The Balaban J connectivity index is 1.63. The summed E-state index contributed by atoms with van der Waals surface area (Å²) in [6.07, 6.45) is -4.90. The van der Waals surface area contributed by atoms with E-state index in [4.69, 9.17) is 4.74 Å². The lowest BCUT2D eigenvalue weighted by Gasteiger charge is -2.13. The van der Waals surface area contributed by atoms with Crippen molar-refractivity contribution in [2.24, 2.45) is 0 Å². The van der Waals surface area contributed by atoms with Crippen molar-refractivity contribution < 1.29 is 32.2 Å². The standard InChI is InChI=1S/C21H16F4N2O3/c22-17-8-6-14(10-16(17)21(23,24)25)26-20(29)27-18-9-7-15(11-19(18)28)30-12-13-4-2-1-3-5-13/h1-11,28H,12H2,(H2,26,27,29). The number of hydrogen-bond acceptors (Lipinski definition) is 3. The van der Waals surface area contributed by atoms with Crippen molar-refractivity contribution in [1.82, 2.24) is 0 Å². The van der Waals surface area contributed by atoms with Crippen molar-refractivity contribution in [2.75, 3.05) is 10.6 Å². The number of halogens is 4. The van der Waals surface area contributed by atoms with Crippen LogP contribution in [0.2, 0.25) is 0 Å². The number of ether oxygens (including phenoxy) is 1. The first kappa shape index (κ1) is 21.0. The van der Waals surface area contributed by atoms with E-state index in [0.717, 1.165) is 11.6 Å². The van der Waals surface area contributed by atoms with E-state index in [1.165, 1.54) is 18.2 Å². The fourth-order valence-electron chi connectivity index (χ4n) is 2.55. The molecule has 0 aliphatic carbocycles. The molecule has 0 aliphatic heterocycles. The van der Waals surface area contributed by atoms with Crippen LogP contribution in [0.15, 0.2) is 66.7 Å². The van der Waals surface area contributed by atoms with E-state index in [1.54, 1.807) is 0 Å². The number of phenolic OH excluding ortho intramolecular Hbond substituents is 1. The molecule has 0 aliphatic rings. The number of benzene rings is 3. The second-order valence-corrected chi connectivity index (χ2v) is 6.22. The van der Waals surface area contributed by atoms with Crippen molar-refractivity contribution in [3.8, 4) is 11.5 Å². The third-order valence-electron chi connectivity index (χ3n) is 4.00. The minimum atomic E-state index is -4.90. The van der Waals surface area contributed by atoms with Gasteiger partial charge in [-0.15, -0.1) is 0 Å². The molecule has 0 atom stereocenters. The highest BCUT2D eigenvalue weighted by molar-refractivity contribution is 6.00. The molecule has 0 heterocycles. The van der Waals surface area contributed by atoms with Gasteiger partial charge in [0.25, 0.3) is 0 Å². The first-order valence-corrected chi connectivity index (χ1v) is 8.67. The lowest BCUT2D eigenvalue weighted by Crippen LogP contribution is -2.20. The summed E-state index contributed by atoms with van der Waals surface area (Å²) in [4.78, 5) is 12.0. The molecule has 5 nitrogen and oxygen atoms in total. The van der Waals surface area contributed by atoms with Crippen molar-refractivity contribution in [3.63, 3.8) is 0 Å². The average molecular weight is 420 g/mol. The first-order valence-electron chi connectivity index (χ1n) is 8.67. The smallest absolute Gasteiger partial charge is 0.419 e. The molecule has 3 aromatic rings. The summed E-state index contributed by atoms with van der Waals surface area (Å²) in [6.45, 7) is 0.277. The minimum Gasteiger partial charge on any atom is -0.506 e. The summed E-state index contributed by atoms with van der Waals surface area (Å²) in [5.74, 6) is -1.39. The fourth-order valence-corrected chi connectivity index (χ4v) is 2.55. The van der Waals surface area contributed by atoms with Gasteiger partial charge in [0, 0.05) is 11.8 Å². The lowest BCUT2D eigenvalue weighted by molar-refractivity contribution is -0.139. The number of carbonyl (C=O) groups is 1. The van der Waals surface area contributed by atoms with E-state index >= 15 is 0 Å². The zero-order chi connectivity index (χ0) is 21.7. The molecule has 0 spiro atoms. The molecule has 0 aromatic heterocycles. The molecule has 156 valence electrons. The van der Waals surface area contributed by atoms with Crippen LogP contribution in [0.1, 0.15) is 11.1 Å². The Morgan fingerprint density at radius 3 is 2.37 bits per heavy atom. The van der Waals surface area contributed by atoms with Crippen LogP contribution in [0.3, 0.4) is 0 Å². The van der Waals surface area contributed by atoms with Crippen LogP contribution in [0.25, 0.3) is 0 Å². The van der Waals surface area contributed by atoms with Gasteiger partial charge >= 0.3 is 12.2 Å². The highest BCUT2D eigenvalue weighted by atomic mass is 19.4. The van der Waals surface area contributed by atoms with Crippen molar-refractivity contribution >= 4 is 17.4 Å². The van der Waals surface area contributed by atoms with E-state index in [0.29, 0.717) is 17.9 Å². The maximum atomic E-state index is 13.3. The SMILES string of the molecule is O=C(Nc1ccc(F)c(C(F)(F)F)c1)Nc1ccc(OCc2ccccc2)cc1O. The molecule has 3 rings (SSSR count). The van der Waals surface area contributed by atoms with Crippen molar-refractivity contribution in [2.45, 2.75) is 12.8 Å². The van der Waals surface area contributed by atoms with E-state index < -0.39 is 23.6 Å². The van der Waals surface area contributed by atoms with Gasteiger partial charge in [-0.2, -0.15) is 13.2 Å². The number of carbonyl (C=O) groups excluding carboxylic acids is 1. The molecule has 0 radical (unpaired) electrons. The zero-order valence-electron chi connectivity index (χ0n) is 15.3. The number of phenols is 1. The van der Waals surface area contributed by atoms with Crippen LogP contribution in [0, 0.1) is 5.82 Å². The largest absolute Gasteiger partial charge is 0.506 e. The number of anilines is 2. The summed E-state index contributed by atoms with van der Waals surface area (Å²) >= 11 is 0. The predicted octanol–water partition coefficient (Wildman–Crippen LogP) is 5.77. The third-order valence-corrected chi connectivity index (χ3v) is 4.00. The van der Waals surface area contributed by atoms with Gasteiger partial charge in [0.2, 0.25) is 0 Å². The quantitative estimate of drug-likeness (QED) is 0.362. The molecule has 3 aromatic carbocycles. The highest BCUT2D eigenvalue weighted by Crippen LogP contribution is 2.33. The number of aromatic hydroxyl groups is 1. The normalized spacial score (nSPS) is 11.1. The van der Waals surface area contributed by atoms with Crippen molar-refractivity contribution in [1.29, 1.82) is 0 Å². The van der Waals surface area contributed by atoms with Crippen LogP contribution in [0.5, 0.6) is 11.5 Å². The van der Waals surface area contributed by atoms with E-state index in [9.17, 15) is 27.5 Å². The minimum absolute atomic E-state index is 0.0118. The van der Waals surface area contributed by atoms with Crippen LogP contribution >= 0.6 is 0 Å². The van der Waals surface area contributed by atoms with Gasteiger partial charge < -0.3 is 20.5 Å². The number of urea groups is 1.